The molecule has 0 aromatic carbocycles. The second kappa shape index (κ2) is 4.84. The van der Waals surface area contributed by atoms with Crippen LogP contribution in [0.1, 0.15) is 47.0 Å². The molecule has 100 valence electrons. The van der Waals surface area contributed by atoms with E-state index >= 15 is 0 Å². The monoisotopic (exact) mass is 242 g/mol. The fourth-order valence-electron chi connectivity index (χ4n) is 2.33. The van der Waals surface area contributed by atoms with Gasteiger partial charge in [0.2, 0.25) is 0 Å². The first-order chi connectivity index (χ1) is 7.72. The molecule has 4 nitrogen and oxygen atoms in total. The van der Waals surface area contributed by atoms with E-state index in [2.05, 4.69) is 6.92 Å². The van der Waals surface area contributed by atoms with E-state index in [1.165, 1.54) is 6.42 Å². The maximum atomic E-state index is 12.0. The molecule has 0 radical (unpaired) electrons. The fraction of sp³-hybridized carbons (Fsp3) is 0.923. The Balaban J connectivity index is 2.63. The lowest BCUT2D eigenvalue weighted by molar-refractivity contribution is -0.0110. The largest absolute Gasteiger partial charge is 0.444 e. The standard InChI is InChI=1S/C13H26N2O2/c1-10(13(9-14)7-6-8-13)15(5)11(16)17-12(2,3)4/h10H,6-9,14H2,1-5H3. The van der Waals surface area contributed by atoms with Crippen LogP contribution >= 0.6 is 0 Å². The summed E-state index contributed by atoms with van der Waals surface area (Å²) in [7, 11) is 1.80. The number of nitrogens with zero attached hydrogens (tertiary/aromatic N) is 1. The predicted molar refractivity (Wildman–Crippen MR) is 68.8 cm³/mol. The van der Waals surface area contributed by atoms with Crippen LogP contribution in [0.15, 0.2) is 0 Å². The van der Waals surface area contributed by atoms with Gasteiger partial charge < -0.3 is 15.4 Å². The number of amides is 1. The van der Waals surface area contributed by atoms with Gasteiger partial charge in [-0.3, -0.25) is 0 Å². The smallest absolute Gasteiger partial charge is 0.410 e. The minimum absolute atomic E-state index is 0.103. The van der Waals surface area contributed by atoms with Crippen LogP contribution in [0.2, 0.25) is 0 Å². The molecule has 0 saturated heterocycles. The van der Waals surface area contributed by atoms with Gasteiger partial charge in [0, 0.05) is 18.5 Å². The minimum Gasteiger partial charge on any atom is -0.444 e. The summed E-state index contributed by atoms with van der Waals surface area (Å²) in [6, 6.07) is 0.135. The summed E-state index contributed by atoms with van der Waals surface area (Å²) >= 11 is 0. The van der Waals surface area contributed by atoms with Crippen molar-refractivity contribution in [1.82, 2.24) is 4.90 Å². The van der Waals surface area contributed by atoms with E-state index in [1.807, 2.05) is 20.8 Å². The Bertz CT molecular complexity index is 274. The SMILES string of the molecule is CC(N(C)C(=O)OC(C)(C)C)C1(CN)CCC1. The minimum atomic E-state index is -0.444. The molecule has 0 spiro atoms. The molecule has 1 saturated carbocycles. The van der Waals surface area contributed by atoms with Crippen molar-refractivity contribution in [2.45, 2.75) is 58.6 Å². The van der Waals surface area contributed by atoms with E-state index in [9.17, 15) is 4.79 Å². The molecule has 0 heterocycles. The third kappa shape index (κ3) is 3.12. The Kier molecular flexibility index (Phi) is 4.07. The highest BCUT2D eigenvalue weighted by molar-refractivity contribution is 5.68. The third-order valence-corrected chi connectivity index (χ3v) is 3.90. The number of nitrogens with two attached hydrogens (primary N) is 1. The summed E-state index contributed by atoms with van der Waals surface area (Å²) in [4.78, 5) is 13.7. The summed E-state index contributed by atoms with van der Waals surface area (Å²) in [5.41, 5.74) is 5.52. The first-order valence-corrected chi connectivity index (χ1v) is 6.38. The van der Waals surface area contributed by atoms with Gasteiger partial charge in [0.25, 0.3) is 0 Å². The number of hydrogen-bond acceptors (Lipinski definition) is 3. The molecule has 1 fully saturated rings. The van der Waals surface area contributed by atoms with Crippen LogP contribution in [-0.2, 0) is 4.74 Å². The van der Waals surface area contributed by atoms with E-state index in [0.29, 0.717) is 6.54 Å². The van der Waals surface area contributed by atoms with E-state index in [1.54, 1.807) is 11.9 Å². The molecular weight excluding hydrogens is 216 g/mol. The highest BCUT2D eigenvalue weighted by Crippen LogP contribution is 2.44. The van der Waals surface area contributed by atoms with Gasteiger partial charge in [-0.25, -0.2) is 4.79 Å². The van der Waals surface area contributed by atoms with E-state index in [4.69, 9.17) is 10.5 Å². The van der Waals surface area contributed by atoms with Gasteiger partial charge in [-0.15, -0.1) is 0 Å². The number of carbonyl (C=O) groups is 1. The summed E-state index contributed by atoms with van der Waals surface area (Å²) in [6.45, 7) is 8.35. The maximum Gasteiger partial charge on any atom is 0.410 e. The molecule has 1 amide bonds. The molecule has 17 heavy (non-hydrogen) atoms. The number of ether oxygens (including phenoxy) is 1. The Hall–Kier alpha value is -0.770. The Morgan fingerprint density at radius 3 is 2.29 bits per heavy atom. The number of hydrogen-bond donors (Lipinski definition) is 1. The summed E-state index contributed by atoms with van der Waals surface area (Å²) in [5.74, 6) is 0. The zero-order chi connectivity index (χ0) is 13.3. The van der Waals surface area contributed by atoms with E-state index in [-0.39, 0.29) is 17.6 Å². The third-order valence-electron chi connectivity index (χ3n) is 3.90. The summed E-state index contributed by atoms with van der Waals surface area (Å²) in [5, 5.41) is 0. The van der Waals surface area contributed by atoms with Crippen molar-refractivity contribution in [3.05, 3.63) is 0 Å². The van der Waals surface area contributed by atoms with Crippen molar-refractivity contribution >= 4 is 6.09 Å². The molecule has 0 aromatic rings. The van der Waals surface area contributed by atoms with Crippen LogP contribution in [0.5, 0.6) is 0 Å². The molecule has 2 N–H and O–H groups in total. The lowest BCUT2D eigenvalue weighted by Crippen LogP contribution is -2.54. The number of carbonyl (C=O) groups excluding carboxylic acids is 1. The lowest BCUT2D eigenvalue weighted by atomic mass is 9.64. The molecule has 1 aliphatic rings. The van der Waals surface area contributed by atoms with E-state index < -0.39 is 5.60 Å². The normalized spacial score (nSPS) is 20.4. The molecule has 0 bridgehead atoms. The molecule has 1 unspecified atom stereocenters. The zero-order valence-electron chi connectivity index (χ0n) is 11.7. The summed E-state index contributed by atoms with van der Waals surface area (Å²) < 4.78 is 5.38. The highest BCUT2D eigenvalue weighted by Gasteiger charge is 2.44. The molecular formula is C13H26N2O2. The average molecular weight is 242 g/mol. The molecule has 1 atom stereocenters. The molecule has 0 aliphatic heterocycles. The van der Waals surface area contributed by atoms with Gasteiger partial charge in [-0.2, -0.15) is 0 Å². The van der Waals surface area contributed by atoms with Gasteiger partial charge >= 0.3 is 6.09 Å². The lowest BCUT2D eigenvalue weighted by Gasteiger charge is -2.48. The zero-order valence-corrected chi connectivity index (χ0v) is 11.7. The van der Waals surface area contributed by atoms with Crippen molar-refractivity contribution in [3.8, 4) is 0 Å². The second-order valence-electron chi connectivity index (χ2n) is 6.19. The fourth-order valence-corrected chi connectivity index (χ4v) is 2.33. The Morgan fingerprint density at radius 1 is 1.47 bits per heavy atom. The highest BCUT2D eigenvalue weighted by atomic mass is 16.6. The van der Waals surface area contributed by atoms with Crippen molar-refractivity contribution in [2.75, 3.05) is 13.6 Å². The van der Waals surface area contributed by atoms with Gasteiger partial charge in [0.1, 0.15) is 5.60 Å². The molecule has 0 aromatic heterocycles. The maximum absolute atomic E-state index is 12.0. The van der Waals surface area contributed by atoms with Gasteiger partial charge in [-0.05, 0) is 47.1 Å². The van der Waals surface area contributed by atoms with Crippen molar-refractivity contribution < 1.29 is 9.53 Å². The van der Waals surface area contributed by atoms with Gasteiger partial charge in [0.05, 0.1) is 0 Å². The Labute approximate surface area is 104 Å². The van der Waals surface area contributed by atoms with Gasteiger partial charge in [0.15, 0.2) is 0 Å². The van der Waals surface area contributed by atoms with Crippen LogP contribution in [0.25, 0.3) is 0 Å². The van der Waals surface area contributed by atoms with Crippen LogP contribution in [0.3, 0.4) is 0 Å². The van der Waals surface area contributed by atoms with Gasteiger partial charge in [-0.1, -0.05) is 6.42 Å². The van der Waals surface area contributed by atoms with Crippen molar-refractivity contribution in [2.24, 2.45) is 11.1 Å². The molecule has 4 heteroatoms. The average Bonchev–Trinajstić information content (AvgIpc) is 2.12. The van der Waals surface area contributed by atoms with E-state index in [0.717, 1.165) is 12.8 Å². The second-order valence-corrected chi connectivity index (χ2v) is 6.19. The summed E-state index contributed by atoms with van der Waals surface area (Å²) in [6.07, 6.45) is 3.17. The van der Waals surface area contributed by atoms with Crippen molar-refractivity contribution in [1.29, 1.82) is 0 Å². The van der Waals surface area contributed by atoms with Crippen LogP contribution < -0.4 is 5.73 Å². The topological polar surface area (TPSA) is 55.6 Å². The number of rotatable bonds is 3. The van der Waals surface area contributed by atoms with Crippen LogP contribution in [0.4, 0.5) is 4.79 Å². The first-order valence-electron chi connectivity index (χ1n) is 6.38. The van der Waals surface area contributed by atoms with Crippen molar-refractivity contribution in [3.63, 3.8) is 0 Å². The van der Waals surface area contributed by atoms with Crippen LogP contribution in [-0.4, -0.2) is 36.2 Å². The predicted octanol–water partition coefficient (Wildman–Crippen LogP) is 2.37. The first kappa shape index (κ1) is 14.3. The molecule has 1 rings (SSSR count). The molecule has 1 aliphatic carbocycles. The quantitative estimate of drug-likeness (QED) is 0.826. The Morgan fingerprint density at radius 2 is 2.00 bits per heavy atom. The van der Waals surface area contributed by atoms with Crippen LogP contribution in [0, 0.1) is 5.41 Å².